The zero-order valence-corrected chi connectivity index (χ0v) is 31.5. The van der Waals surface area contributed by atoms with E-state index in [0.717, 1.165) is 41.3 Å². The van der Waals surface area contributed by atoms with Gasteiger partial charge in [0.2, 0.25) is 0 Å². The number of piperidine rings is 1. The number of halogens is 1. The minimum Gasteiger partial charge on any atom is -0.412 e. The van der Waals surface area contributed by atoms with Crippen LogP contribution in [0.5, 0.6) is 0 Å². The van der Waals surface area contributed by atoms with Gasteiger partial charge in [-0.2, -0.15) is 0 Å². The van der Waals surface area contributed by atoms with Gasteiger partial charge in [0.05, 0.1) is 0 Å². The molecule has 0 bridgehead atoms. The van der Waals surface area contributed by atoms with Crippen LogP contribution in [0.2, 0.25) is 0 Å². The highest BCUT2D eigenvalue weighted by Gasteiger charge is 2.39. The van der Waals surface area contributed by atoms with Crippen LogP contribution in [0.3, 0.4) is 0 Å². The van der Waals surface area contributed by atoms with Gasteiger partial charge in [0, 0.05) is 36.3 Å². The monoisotopic (exact) mass is 728 g/mol. The number of nitrogens with one attached hydrogen (secondary N) is 2. The average molecular weight is 729 g/mol. The lowest BCUT2D eigenvalue weighted by molar-refractivity contribution is 0.0590. The van der Waals surface area contributed by atoms with E-state index in [4.69, 9.17) is 11.6 Å². The molecule has 3 fully saturated rings. The molecule has 1 saturated heterocycles. The lowest BCUT2D eigenvalue weighted by atomic mass is 9.68. The summed E-state index contributed by atoms with van der Waals surface area (Å²) in [5.74, 6) is 4.95. The van der Waals surface area contributed by atoms with Crippen molar-refractivity contribution >= 4 is 23.5 Å². The third kappa shape index (κ3) is 14.8. The van der Waals surface area contributed by atoms with E-state index in [1.807, 2.05) is 0 Å². The molecule has 2 saturated carbocycles. The summed E-state index contributed by atoms with van der Waals surface area (Å²) in [6.07, 6.45) is 24.9. The Balaban J connectivity index is -0.00000289. The van der Waals surface area contributed by atoms with Crippen molar-refractivity contribution in [1.82, 2.24) is 14.9 Å². The van der Waals surface area contributed by atoms with Gasteiger partial charge in [0.25, 0.3) is 0 Å². The molecule has 5 rings (SSSR count). The fraction of sp³-hybridized carbons (Fsp3) is 0.892. The Morgan fingerprint density at radius 3 is 2.27 bits per heavy atom. The van der Waals surface area contributed by atoms with Crippen molar-refractivity contribution in [2.75, 3.05) is 32.7 Å². The summed E-state index contributed by atoms with van der Waals surface area (Å²) in [4.78, 5) is 2.78. The highest BCUT2D eigenvalue weighted by molar-refractivity contribution is 7.98. The summed E-state index contributed by atoms with van der Waals surface area (Å²) in [6, 6.07) is 0.590. The third-order valence-electron chi connectivity index (χ3n) is 11.7. The molecule has 5 aliphatic rings. The lowest BCUT2D eigenvalue weighted by Crippen LogP contribution is -2.52. The van der Waals surface area contributed by atoms with Gasteiger partial charge in [-0.3, -0.25) is 4.72 Å². The van der Waals surface area contributed by atoms with Gasteiger partial charge in [-0.15, -0.1) is 11.6 Å². The van der Waals surface area contributed by atoms with Crippen molar-refractivity contribution < 1.29 is 32.9 Å². The van der Waals surface area contributed by atoms with Gasteiger partial charge in [-0.25, -0.2) is 0 Å². The molecule has 0 spiro atoms. The van der Waals surface area contributed by atoms with Crippen LogP contribution in [-0.2, 0) is 0 Å². The van der Waals surface area contributed by atoms with Crippen molar-refractivity contribution in [1.29, 1.82) is 0 Å². The molecule has 14 N–H and O–H groups in total. The SMILES string of the molecule is C.CC(C)[C@H](CN1CC[C@H](C2=CCC(Cl)CC2)C(C)(C)C1)NCC1CCCC(CNSC2CCC3C=CCCC3C2)C1.O.O.O.O.O.O. The van der Waals surface area contributed by atoms with Crippen molar-refractivity contribution in [2.24, 2.45) is 40.9 Å². The molecule has 1 heterocycles. The summed E-state index contributed by atoms with van der Waals surface area (Å²) >= 11 is 8.49. The van der Waals surface area contributed by atoms with Gasteiger partial charge in [0.1, 0.15) is 0 Å². The number of nitrogens with zero attached hydrogens (tertiary/aromatic N) is 1. The maximum absolute atomic E-state index is 6.40. The Morgan fingerprint density at radius 1 is 0.917 bits per heavy atom. The smallest absolute Gasteiger partial charge is 0.0373 e. The number of likely N-dealkylation sites (tertiary alicyclic amines) is 1. The standard InChI is InChI=1S/C36H62ClN3S.CH4.6H2O/c1-26(2)35(24-40-19-18-34(36(3,4)25-40)30-12-15-32(37)16-13-30)38-22-27-8-7-9-28(20-27)23-39-41-33-17-14-29-10-5-6-11-31(29)21-33;;;;;;;/h5,10,12,26-29,31-35,38-39H,6-9,11,13-25H2,1-4H3;1H4;6*1H2/t27?,28?,29?,31?,32?,33?,34-,35+;;;;;;;/m1......./s1. The second-order valence-corrected chi connectivity index (χ2v) is 17.5. The first-order chi connectivity index (χ1) is 19.8. The molecule has 8 atom stereocenters. The number of rotatable bonds is 11. The Kier molecular flexibility index (Phi) is 27.0. The third-order valence-corrected chi connectivity index (χ3v) is 13.2. The first kappa shape index (κ1) is 52.1. The average Bonchev–Trinajstić information content (AvgIpc) is 2.95. The zero-order valence-electron chi connectivity index (χ0n) is 29.9. The van der Waals surface area contributed by atoms with Gasteiger partial charge in [-0.1, -0.05) is 77.3 Å². The second kappa shape index (κ2) is 24.9. The van der Waals surface area contributed by atoms with Crippen LogP contribution in [0.4, 0.5) is 0 Å². The van der Waals surface area contributed by atoms with Crippen LogP contribution in [0.15, 0.2) is 23.8 Å². The van der Waals surface area contributed by atoms with E-state index in [1.165, 1.54) is 110 Å². The molecule has 0 aromatic heterocycles. The minimum absolute atomic E-state index is 0. The van der Waals surface area contributed by atoms with E-state index < -0.39 is 0 Å². The van der Waals surface area contributed by atoms with Crippen molar-refractivity contribution in [3.05, 3.63) is 23.8 Å². The van der Waals surface area contributed by atoms with Crippen LogP contribution in [0, 0.1) is 40.9 Å². The van der Waals surface area contributed by atoms with Gasteiger partial charge in [0.15, 0.2) is 0 Å². The van der Waals surface area contributed by atoms with E-state index >= 15 is 0 Å². The number of alkyl halides is 1. The van der Waals surface area contributed by atoms with Crippen LogP contribution >= 0.6 is 23.5 Å². The molecule has 1 aliphatic heterocycles. The zero-order chi connectivity index (χ0) is 28.8. The second-order valence-electron chi connectivity index (χ2n) is 15.7. The van der Waals surface area contributed by atoms with E-state index in [9.17, 15) is 0 Å². The van der Waals surface area contributed by atoms with Gasteiger partial charge < -0.3 is 43.1 Å². The maximum atomic E-state index is 6.40. The fourth-order valence-corrected chi connectivity index (χ4v) is 10.5. The molecular weight excluding hydrogens is 650 g/mol. The molecule has 4 aliphatic carbocycles. The Labute approximate surface area is 303 Å². The summed E-state index contributed by atoms with van der Waals surface area (Å²) < 4.78 is 3.88. The Morgan fingerprint density at radius 2 is 1.62 bits per heavy atom. The molecule has 0 aromatic rings. The predicted molar refractivity (Wildman–Crippen MR) is 209 cm³/mol. The minimum atomic E-state index is 0. The largest absolute Gasteiger partial charge is 0.412 e. The van der Waals surface area contributed by atoms with E-state index in [0.29, 0.717) is 22.8 Å². The number of hydrogen-bond acceptors (Lipinski definition) is 4. The van der Waals surface area contributed by atoms with Crippen LogP contribution in [-0.4, -0.2) is 87.1 Å². The quantitative estimate of drug-likeness (QED) is 0.178. The molecule has 0 radical (unpaired) electrons. The van der Waals surface area contributed by atoms with Crippen LogP contribution in [0.25, 0.3) is 0 Å². The molecular formula is C37H78ClN3O6S. The van der Waals surface area contributed by atoms with Crippen molar-refractivity contribution in [3.8, 4) is 0 Å². The summed E-state index contributed by atoms with van der Waals surface area (Å²) in [7, 11) is 0. The van der Waals surface area contributed by atoms with Gasteiger partial charge in [-0.05, 0) is 131 Å². The highest BCUT2D eigenvalue weighted by Crippen LogP contribution is 2.43. The highest BCUT2D eigenvalue weighted by atomic mass is 35.5. The molecule has 290 valence electrons. The van der Waals surface area contributed by atoms with Crippen LogP contribution < -0.4 is 10.0 Å². The summed E-state index contributed by atoms with van der Waals surface area (Å²) in [5.41, 5.74) is 2.05. The van der Waals surface area contributed by atoms with E-state index in [-0.39, 0.29) is 40.3 Å². The molecule has 9 nitrogen and oxygen atoms in total. The number of allylic oxidation sites excluding steroid dienone is 4. The van der Waals surface area contributed by atoms with Crippen molar-refractivity contribution in [2.45, 2.75) is 135 Å². The fourth-order valence-electron chi connectivity index (χ4n) is 9.13. The van der Waals surface area contributed by atoms with Crippen molar-refractivity contribution in [3.63, 3.8) is 0 Å². The first-order valence-corrected chi connectivity index (χ1v) is 18.9. The normalized spacial score (nSPS) is 31.6. The van der Waals surface area contributed by atoms with Crippen LogP contribution in [0.1, 0.15) is 119 Å². The number of fused-ring (bicyclic) bond motifs is 1. The molecule has 48 heavy (non-hydrogen) atoms. The molecule has 0 aromatic carbocycles. The van der Waals surface area contributed by atoms with Gasteiger partial charge >= 0.3 is 0 Å². The summed E-state index contributed by atoms with van der Waals surface area (Å²) in [5, 5.41) is 5.29. The Bertz CT molecular complexity index is 897. The topological polar surface area (TPSA) is 216 Å². The Hall–Kier alpha value is -0.240. The molecule has 11 heteroatoms. The number of hydrogen-bond donors (Lipinski definition) is 2. The summed E-state index contributed by atoms with van der Waals surface area (Å²) in [6.45, 7) is 16.0. The molecule has 0 amide bonds. The first-order valence-electron chi connectivity index (χ1n) is 17.6. The molecule has 6 unspecified atom stereocenters. The maximum Gasteiger partial charge on any atom is 0.0373 e. The van der Waals surface area contributed by atoms with E-state index in [2.05, 4.69) is 72.8 Å². The lowest BCUT2D eigenvalue weighted by Gasteiger charge is -2.47. The van der Waals surface area contributed by atoms with E-state index in [1.54, 1.807) is 5.57 Å². The predicted octanol–water partition coefficient (Wildman–Crippen LogP) is 4.53.